The number of carbonyl (C=O) groups excluding carboxylic acids is 1. The minimum atomic E-state index is -3.92. The molecule has 0 saturated heterocycles. The van der Waals surface area contributed by atoms with Crippen molar-refractivity contribution in [1.29, 1.82) is 0 Å². The Kier molecular flexibility index (Phi) is 6.48. The molecule has 0 heterocycles. The van der Waals surface area contributed by atoms with Crippen LogP contribution in [0.2, 0.25) is 0 Å². The molecule has 7 heteroatoms. The Morgan fingerprint density at radius 1 is 1.43 bits per heavy atom. The van der Waals surface area contributed by atoms with Gasteiger partial charge in [-0.05, 0) is 31.0 Å². The molecule has 1 aromatic rings. The number of carbonyl (C=O) groups is 1. The van der Waals surface area contributed by atoms with E-state index in [9.17, 15) is 13.2 Å². The number of hydrogen-bond acceptors (Lipinski definition) is 4. The molecule has 1 aromatic carbocycles. The minimum absolute atomic E-state index is 0.0944. The largest absolute Gasteiger partial charge is 0.495 e. The Hall–Kier alpha value is -1.27. The minimum Gasteiger partial charge on any atom is -0.495 e. The molecule has 0 aliphatic rings. The lowest BCUT2D eigenvalue weighted by atomic mass is 10.1. The van der Waals surface area contributed by atoms with E-state index in [4.69, 9.17) is 15.4 Å². The van der Waals surface area contributed by atoms with Gasteiger partial charge >= 0.3 is 0 Å². The SMILES string of the molecule is CCCC(C)NC(=O)Cc1ccc(OC)c(S(=O)(=O)Cl)c1. The van der Waals surface area contributed by atoms with Crippen LogP contribution in [0.5, 0.6) is 5.75 Å². The molecule has 1 amide bonds. The van der Waals surface area contributed by atoms with Crippen LogP contribution in [0.1, 0.15) is 32.3 Å². The Labute approximate surface area is 130 Å². The van der Waals surface area contributed by atoms with Crippen LogP contribution in [-0.4, -0.2) is 27.5 Å². The fraction of sp³-hybridized carbons (Fsp3) is 0.500. The maximum absolute atomic E-state index is 11.9. The summed E-state index contributed by atoms with van der Waals surface area (Å²) in [6.45, 7) is 3.98. The molecule has 0 saturated carbocycles. The number of halogens is 1. The van der Waals surface area contributed by atoms with Gasteiger partial charge in [-0.2, -0.15) is 0 Å². The number of amides is 1. The van der Waals surface area contributed by atoms with Gasteiger partial charge in [-0.15, -0.1) is 0 Å². The first-order valence-corrected chi connectivity index (χ1v) is 8.99. The average Bonchev–Trinajstić information content (AvgIpc) is 2.37. The lowest BCUT2D eigenvalue weighted by Crippen LogP contribution is -2.33. The van der Waals surface area contributed by atoms with E-state index in [0.29, 0.717) is 5.56 Å². The Morgan fingerprint density at radius 2 is 2.10 bits per heavy atom. The van der Waals surface area contributed by atoms with Crippen molar-refractivity contribution in [3.05, 3.63) is 23.8 Å². The molecule has 0 bridgehead atoms. The molecule has 0 aliphatic carbocycles. The van der Waals surface area contributed by atoms with Gasteiger partial charge in [0.1, 0.15) is 10.6 Å². The van der Waals surface area contributed by atoms with Gasteiger partial charge < -0.3 is 10.1 Å². The predicted octanol–water partition coefficient (Wildman–Crippen LogP) is 2.47. The zero-order valence-corrected chi connectivity index (χ0v) is 13.9. The number of hydrogen-bond donors (Lipinski definition) is 1. The van der Waals surface area contributed by atoms with Crippen molar-refractivity contribution in [3.63, 3.8) is 0 Å². The van der Waals surface area contributed by atoms with Gasteiger partial charge in [0.2, 0.25) is 5.91 Å². The fourth-order valence-electron chi connectivity index (χ4n) is 2.04. The summed E-state index contributed by atoms with van der Waals surface area (Å²) in [6.07, 6.45) is 1.98. The molecule has 0 radical (unpaired) electrons. The summed E-state index contributed by atoms with van der Waals surface area (Å²) in [6, 6.07) is 4.60. The van der Waals surface area contributed by atoms with Crippen molar-refractivity contribution in [2.24, 2.45) is 0 Å². The third kappa shape index (κ3) is 5.55. The summed E-state index contributed by atoms with van der Waals surface area (Å²) >= 11 is 0. The van der Waals surface area contributed by atoms with Crippen LogP contribution in [0.4, 0.5) is 0 Å². The summed E-state index contributed by atoms with van der Waals surface area (Å²) < 4.78 is 28.0. The molecule has 1 N–H and O–H groups in total. The van der Waals surface area contributed by atoms with Crippen LogP contribution in [0.15, 0.2) is 23.1 Å². The van der Waals surface area contributed by atoms with E-state index in [2.05, 4.69) is 5.32 Å². The lowest BCUT2D eigenvalue weighted by molar-refractivity contribution is -0.121. The van der Waals surface area contributed by atoms with Crippen LogP contribution in [0.25, 0.3) is 0 Å². The van der Waals surface area contributed by atoms with Gasteiger partial charge in [-0.1, -0.05) is 19.4 Å². The van der Waals surface area contributed by atoms with Crippen LogP contribution in [-0.2, 0) is 20.3 Å². The maximum Gasteiger partial charge on any atom is 0.264 e. The van der Waals surface area contributed by atoms with Crippen molar-refractivity contribution in [3.8, 4) is 5.75 Å². The standard InChI is InChI=1S/C14H20ClNO4S/c1-4-5-10(2)16-14(17)9-11-6-7-12(20-3)13(8-11)21(15,18)19/h6-8,10H,4-5,9H2,1-3H3,(H,16,17). The van der Waals surface area contributed by atoms with E-state index in [1.54, 1.807) is 6.07 Å². The Bertz CT molecular complexity index is 601. The third-order valence-electron chi connectivity index (χ3n) is 2.98. The van der Waals surface area contributed by atoms with E-state index in [1.165, 1.54) is 19.2 Å². The van der Waals surface area contributed by atoms with Gasteiger partial charge in [0.25, 0.3) is 9.05 Å². The van der Waals surface area contributed by atoms with E-state index in [0.717, 1.165) is 12.8 Å². The highest BCUT2D eigenvalue weighted by molar-refractivity contribution is 8.13. The first-order chi connectivity index (χ1) is 9.77. The highest BCUT2D eigenvalue weighted by Crippen LogP contribution is 2.27. The van der Waals surface area contributed by atoms with Crippen LogP contribution >= 0.6 is 10.7 Å². The second-order valence-corrected chi connectivity index (χ2v) is 7.39. The van der Waals surface area contributed by atoms with Crippen LogP contribution < -0.4 is 10.1 Å². The second kappa shape index (κ2) is 7.66. The highest BCUT2D eigenvalue weighted by atomic mass is 35.7. The van der Waals surface area contributed by atoms with Gasteiger partial charge in [0.15, 0.2) is 0 Å². The van der Waals surface area contributed by atoms with E-state index < -0.39 is 9.05 Å². The number of ether oxygens (including phenoxy) is 1. The molecule has 0 aliphatic heterocycles. The summed E-state index contributed by atoms with van der Waals surface area (Å²) in [5.41, 5.74) is 0.566. The fourth-order valence-corrected chi connectivity index (χ4v) is 3.08. The molecule has 1 unspecified atom stereocenters. The third-order valence-corrected chi connectivity index (χ3v) is 4.33. The summed E-state index contributed by atoms with van der Waals surface area (Å²) in [7, 11) is 2.81. The summed E-state index contributed by atoms with van der Waals surface area (Å²) in [4.78, 5) is 11.8. The monoisotopic (exact) mass is 333 g/mol. The highest BCUT2D eigenvalue weighted by Gasteiger charge is 2.18. The van der Waals surface area contributed by atoms with Crippen molar-refractivity contribution in [2.45, 2.75) is 44.0 Å². The molecule has 0 spiro atoms. The topological polar surface area (TPSA) is 72.5 Å². The first-order valence-electron chi connectivity index (χ1n) is 6.68. The van der Waals surface area contributed by atoms with E-state index in [1.807, 2.05) is 13.8 Å². The number of nitrogens with one attached hydrogen (secondary N) is 1. The lowest BCUT2D eigenvalue weighted by Gasteiger charge is -2.13. The number of benzene rings is 1. The maximum atomic E-state index is 11.9. The van der Waals surface area contributed by atoms with Crippen LogP contribution in [0, 0.1) is 0 Å². The molecule has 21 heavy (non-hydrogen) atoms. The summed E-state index contributed by atoms with van der Waals surface area (Å²) in [5.74, 6) is 0.00699. The van der Waals surface area contributed by atoms with Gasteiger partial charge in [0.05, 0.1) is 13.5 Å². The van der Waals surface area contributed by atoms with Crippen molar-refractivity contribution >= 4 is 25.6 Å². The molecule has 1 atom stereocenters. The average molecular weight is 334 g/mol. The number of methoxy groups -OCH3 is 1. The quantitative estimate of drug-likeness (QED) is 0.778. The van der Waals surface area contributed by atoms with Gasteiger partial charge in [0, 0.05) is 16.7 Å². The zero-order valence-electron chi connectivity index (χ0n) is 12.3. The molecule has 0 fully saturated rings. The van der Waals surface area contributed by atoms with Gasteiger partial charge in [-0.3, -0.25) is 4.79 Å². The van der Waals surface area contributed by atoms with E-state index in [-0.39, 0.29) is 29.0 Å². The summed E-state index contributed by atoms with van der Waals surface area (Å²) in [5, 5.41) is 2.86. The Balaban J connectivity index is 2.88. The van der Waals surface area contributed by atoms with Crippen molar-refractivity contribution < 1.29 is 17.9 Å². The number of rotatable bonds is 7. The molecular weight excluding hydrogens is 314 g/mol. The zero-order chi connectivity index (χ0) is 16.0. The normalized spacial score (nSPS) is 12.8. The van der Waals surface area contributed by atoms with Crippen molar-refractivity contribution in [2.75, 3.05) is 7.11 Å². The smallest absolute Gasteiger partial charge is 0.264 e. The molecule has 118 valence electrons. The van der Waals surface area contributed by atoms with Gasteiger partial charge in [-0.25, -0.2) is 8.42 Å². The molecular formula is C14H20ClNO4S. The van der Waals surface area contributed by atoms with Crippen LogP contribution in [0.3, 0.4) is 0 Å². The predicted molar refractivity (Wildman–Crippen MR) is 82.2 cm³/mol. The molecule has 5 nitrogen and oxygen atoms in total. The Morgan fingerprint density at radius 3 is 2.62 bits per heavy atom. The second-order valence-electron chi connectivity index (χ2n) is 4.86. The van der Waals surface area contributed by atoms with Crippen molar-refractivity contribution in [1.82, 2.24) is 5.32 Å². The molecule has 1 rings (SSSR count). The molecule has 0 aromatic heterocycles. The van der Waals surface area contributed by atoms with E-state index >= 15 is 0 Å². The first kappa shape index (κ1) is 17.8.